The Balaban J connectivity index is 1.10. The Hall–Kier alpha value is -6.99. The predicted octanol–water partition coefficient (Wildman–Crippen LogP) is 6.31. The Kier molecular flexibility index (Phi) is 16.0. The van der Waals surface area contributed by atoms with Crippen molar-refractivity contribution in [2.45, 2.75) is 58.2 Å². The number of amides is 4. The minimum Gasteiger partial charge on any atom is -0.445 e. The molecule has 4 amide bonds. The van der Waals surface area contributed by atoms with Gasteiger partial charge in [0.1, 0.15) is 31.1 Å². The molecule has 1 saturated heterocycles. The first-order valence-electron chi connectivity index (χ1n) is 20.5. The number of aryl methyl sites for hydroxylation is 1. The first kappa shape index (κ1) is 43.6. The Morgan fingerprint density at radius 3 is 1.85 bits per heavy atom. The van der Waals surface area contributed by atoms with Crippen molar-refractivity contribution < 1.29 is 28.7 Å². The molecule has 0 aliphatic carbocycles. The highest BCUT2D eigenvalue weighted by Gasteiger charge is 2.33. The third-order valence-corrected chi connectivity index (χ3v) is 10.3. The fraction of sp³-hybridized carbons (Fsp3) is 0.271. The number of benzene rings is 5. The molecule has 61 heavy (non-hydrogen) atoms. The zero-order valence-corrected chi connectivity index (χ0v) is 34.3. The maximum atomic E-state index is 14.3. The molecule has 316 valence electrons. The van der Waals surface area contributed by atoms with Crippen LogP contribution in [0.25, 0.3) is 0 Å². The molecule has 13 heteroatoms. The molecular formula is C48H53N7O6. The Morgan fingerprint density at radius 1 is 0.689 bits per heavy atom. The summed E-state index contributed by atoms with van der Waals surface area (Å²) in [6, 6.07) is 41.3. The van der Waals surface area contributed by atoms with Crippen LogP contribution < -0.4 is 26.2 Å². The van der Waals surface area contributed by atoms with Crippen molar-refractivity contribution >= 4 is 35.5 Å². The van der Waals surface area contributed by atoms with Gasteiger partial charge in [-0.15, -0.1) is 0 Å². The maximum Gasteiger partial charge on any atom is 0.413 e. The number of alkyl carbamates (subject to hydrolysis) is 1. The molecule has 2 atom stereocenters. The molecule has 5 aromatic rings. The summed E-state index contributed by atoms with van der Waals surface area (Å²) in [7, 11) is 0. The zero-order valence-electron chi connectivity index (χ0n) is 34.3. The molecule has 1 aliphatic heterocycles. The van der Waals surface area contributed by atoms with Crippen molar-refractivity contribution in [3.05, 3.63) is 173 Å². The SMILES string of the molecule is C[C@H](NC(=O)[C@@H](CCc1ccccc1)N(Cc1ccc(N2CCNCC2)cc1)C(=O)OCc1ccccc1)C(=O)NCc1ccc(C(=N)NC(=O)OCc2ccccc2)cc1. The number of anilines is 1. The molecule has 13 nitrogen and oxygen atoms in total. The summed E-state index contributed by atoms with van der Waals surface area (Å²) in [5, 5.41) is 19.8. The third-order valence-electron chi connectivity index (χ3n) is 10.3. The first-order chi connectivity index (χ1) is 29.7. The van der Waals surface area contributed by atoms with Gasteiger partial charge in [-0.25, -0.2) is 9.59 Å². The Labute approximate surface area is 357 Å². The predicted molar refractivity (Wildman–Crippen MR) is 235 cm³/mol. The van der Waals surface area contributed by atoms with Gasteiger partial charge in [0.15, 0.2) is 0 Å². The lowest BCUT2D eigenvalue weighted by Crippen LogP contribution is -2.54. The molecule has 0 aromatic heterocycles. The lowest BCUT2D eigenvalue weighted by atomic mass is 10.0. The van der Waals surface area contributed by atoms with Crippen molar-refractivity contribution in [2.75, 3.05) is 31.1 Å². The van der Waals surface area contributed by atoms with E-state index in [0.29, 0.717) is 12.0 Å². The molecule has 5 aromatic carbocycles. The quantitative estimate of drug-likeness (QED) is 0.0538. The molecule has 1 aliphatic rings. The average Bonchev–Trinajstić information content (AvgIpc) is 3.30. The molecule has 1 heterocycles. The van der Waals surface area contributed by atoms with E-state index in [1.807, 2.05) is 115 Å². The molecule has 0 unspecified atom stereocenters. The van der Waals surface area contributed by atoms with Crippen LogP contribution in [-0.4, -0.2) is 73.0 Å². The van der Waals surface area contributed by atoms with Gasteiger partial charge in [0.25, 0.3) is 0 Å². The van der Waals surface area contributed by atoms with E-state index >= 15 is 0 Å². The van der Waals surface area contributed by atoms with Gasteiger partial charge in [-0.05, 0) is 59.7 Å². The molecule has 5 N–H and O–H groups in total. The van der Waals surface area contributed by atoms with E-state index in [-0.39, 0.29) is 38.6 Å². The van der Waals surface area contributed by atoms with E-state index in [2.05, 4.69) is 26.2 Å². The standard InChI is InChI=1S/C48H53N7O6/c1-35(45(56)51-31-37-17-22-41(23-18-37)44(49)53-47(58)60-33-39-13-7-3-8-14-39)52-46(57)43(26-21-36-11-5-2-6-12-36)55(48(59)61-34-40-15-9-4-10-16-40)32-38-19-24-42(25-20-38)54-29-27-50-28-30-54/h2-20,22-25,35,43,50H,21,26-34H2,1H3,(H,51,56)(H,52,57)(H2,49,53,58)/t35-,43+/m0/s1. The summed E-state index contributed by atoms with van der Waals surface area (Å²) >= 11 is 0. The van der Waals surface area contributed by atoms with Gasteiger partial charge in [-0.3, -0.25) is 25.2 Å². The maximum absolute atomic E-state index is 14.3. The fourth-order valence-corrected chi connectivity index (χ4v) is 6.85. The summed E-state index contributed by atoms with van der Waals surface area (Å²) in [6.45, 7) is 5.59. The third kappa shape index (κ3) is 13.5. The number of carbonyl (C=O) groups is 4. The lowest BCUT2D eigenvalue weighted by molar-refractivity contribution is -0.131. The van der Waals surface area contributed by atoms with E-state index < -0.39 is 36.1 Å². The van der Waals surface area contributed by atoms with Crippen LogP contribution in [0.1, 0.15) is 46.7 Å². The highest BCUT2D eigenvalue weighted by molar-refractivity contribution is 6.04. The Bertz CT molecular complexity index is 2180. The summed E-state index contributed by atoms with van der Waals surface area (Å²) in [4.78, 5) is 57.8. The van der Waals surface area contributed by atoms with Crippen molar-refractivity contribution in [1.82, 2.24) is 26.2 Å². The fourth-order valence-electron chi connectivity index (χ4n) is 6.85. The van der Waals surface area contributed by atoms with E-state index in [0.717, 1.165) is 59.7 Å². The average molecular weight is 824 g/mol. The van der Waals surface area contributed by atoms with Crippen molar-refractivity contribution in [3.63, 3.8) is 0 Å². The molecule has 6 rings (SSSR count). The monoisotopic (exact) mass is 823 g/mol. The van der Waals surface area contributed by atoms with E-state index in [1.54, 1.807) is 31.2 Å². The van der Waals surface area contributed by atoms with Crippen LogP contribution in [-0.2, 0) is 51.8 Å². The zero-order chi connectivity index (χ0) is 42.8. The number of amidine groups is 1. The molecule has 0 bridgehead atoms. The molecule has 0 spiro atoms. The van der Waals surface area contributed by atoms with Crippen LogP contribution in [0, 0.1) is 5.41 Å². The van der Waals surface area contributed by atoms with Gasteiger partial charge in [0, 0.05) is 50.5 Å². The number of hydrogen-bond donors (Lipinski definition) is 5. The number of ether oxygens (including phenoxy) is 2. The largest absolute Gasteiger partial charge is 0.445 e. The highest BCUT2D eigenvalue weighted by Crippen LogP contribution is 2.21. The van der Waals surface area contributed by atoms with E-state index in [1.165, 1.54) is 4.90 Å². The van der Waals surface area contributed by atoms with Crippen LogP contribution >= 0.6 is 0 Å². The topological polar surface area (TPSA) is 165 Å². The van der Waals surface area contributed by atoms with E-state index in [9.17, 15) is 19.2 Å². The van der Waals surface area contributed by atoms with E-state index in [4.69, 9.17) is 14.9 Å². The van der Waals surface area contributed by atoms with Crippen LogP contribution in [0.15, 0.2) is 140 Å². The number of rotatable bonds is 17. The number of hydrogen-bond acceptors (Lipinski definition) is 9. The molecule has 0 saturated carbocycles. The second-order valence-corrected chi connectivity index (χ2v) is 14.8. The van der Waals surface area contributed by atoms with Gasteiger partial charge in [0.2, 0.25) is 11.8 Å². The van der Waals surface area contributed by atoms with Gasteiger partial charge >= 0.3 is 12.2 Å². The molecule has 1 fully saturated rings. The summed E-state index contributed by atoms with van der Waals surface area (Å²) in [6.07, 6.45) is -0.599. The second kappa shape index (κ2) is 22.4. The number of nitrogens with zero attached hydrogens (tertiary/aromatic N) is 2. The number of carbonyl (C=O) groups excluding carboxylic acids is 4. The molecule has 0 radical (unpaired) electrons. The minimum absolute atomic E-state index is 0.0316. The normalized spacial score (nSPS) is 13.2. The summed E-state index contributed by atoms with van der Waals surface area (Å²) in [5.74, 6) is -1.03. The smallest absolute Gasteiger partial charge is 0.413 e. The van der Waals surface area contributed by atoms with Crippen molar-refractivity contribution in [2.24, 2.45) is 0 Å². The highest BCUT2D eigenvalue weighted by atomic mass is 16.6. The van der Waals surface area contributed by atoms with Gasteiger partial charge in [0.05, 0.1) is 0 Å². The van der Waals surface area contributed by atoms with Crippen molar-refractivity contribution in [1.29, 1.82) is 5.41 Å². The van der Waals surface area contributed by atoms with Crippen LogP contribution in [0.3, 0.4) is 0 Å². The van der Waals surface area contributed by atoms with Gasteiger partial charge in [-0.1, -0.05) is 127 Å². The molecular weight excluding hydrogens is 771 g/mol. The van der Waals surface area contributed by atoms with Gasteiger partial charge in [-0.2, -0.15) is 0 Å². The lowest BCUT2D eigenvalue weighted by Gasteiger charge is -2.32. The number of piperazine rings is 1. The van der Waals surface area contributed by atoms with Gasteiger partial charge < -0.3 is 30.3 Å². The Morgan fingerprint density at radius 2 is 1.25 bits per heavy atom. The summed E-state index contributed by atoms with van der Waals surface area (Å²) in [5.41, 5.74) is 5.77. The summed E-state index contributed by atoms with van der Waals surface area (Å²) < 4.78 is 11.1. The van der Waals surface area contributed by atoms with Crippen LogP contribution in [0.2, 0.25) is 0 Å². The second-order valence-electron chi connectivity index (χ2n) is 14.8. The van der Waals surface area contributed by atoms with Crippen LogP contribution in [0.5, 0.6) is 0 Å². The minimum atomic E-state index is -0.973. The van der Waals surface area contributed by atoms with Crippen LogP contribution in [0.4, 0.5) is 15.3 Å². The first-order valence-corrected chi connectivity index (χ1v) is 20.5. The van der Waals surface area contributed by atoms with Crippen molar-refractivity contribution in [3.8, 4) is 0 Å². The number of nitrogens with one attached hydrogen (secondary N) is 5.